The molecule has 0 bridgehead atoms. The lowest BCUT2D eigenvalue weighted by atomic mass is 9.94. The summed E-state index contributed by atoms with van der Waals surface area (Å²) < 4.78 is 12.7. The van der Waals surface area contributed by atoms with E-state index in [0.717, 1.165) is 17.7 Å². The van der Waals surface area contributed by atoms with Crippen molar-refractivity contribution < 1.29 is 4.39 Å². The van der Waals surface area contributed by atoms with Crippen LogP contribution in [0.4, 0.5) is 4.39 Å². The fraction of sp³-hybridized carbons (Fsp3) is 0.385. The Morgan fingerprint density at radius 3 is 2.44 bits per heavy atom. The summed E-state index contributed by atoms with van der Waals surface area (Å²) in [4.78, 5) is 0. The average Bonchev–Trinajstić information content (AvgIpc) is 2.20. The standard InChI is InChI=1S/C13H19FN2/c1-10(9-15)16-13(2,3)8-11-4-6-12(14)7-5-11/h4-7,16H,1,8-9,15H2,2-3H3. The van der Waals surface area contributed by atoms with Gasteiger partial charge in [-0.2, -0.15) is 0 Å². The normalized spacial score (nSPS) is 11.2. The maximum Gasteiger partial charge on any atom is 0.123 e. The van der Waals surface area contributed by atoms with Gasteiger partial charge >= 0.3 is 0 Å². The zero-order chi connectivity index (χ0) is 12.2. The third kappa shape index (κ3) is 4.03. The molecule has 0 aliphatic carbocycles. The summed E-state index contributed by atoms with van der Waals surface area (Å²) in [7, 11) is 0. The van der Waals surface area contributed by atoms with Gasteiger partial charge in [-0.15, -0.1) is 0 Å². The van der Waals surface area contributed by atoms with Crippen molar-refractivity contribution in [1.82, 2.24) is 5.32 Å². The van der Waals surface area contributed by atoms with Gasteiger partial charge in [0.15, 0.2) is 0 Å². The number of nitrogens with two attached hydrogens (primary N) is 1. The van der Waals surface area contributed by atoms with Crippen molar-refractivity contribution >= 4 is 0 Å². The molecule has 0 unspecified atom stereocenters. The van der Waals surface area contributed by atoms with E-state index in [9.17, 15) is 4.39 Å². The SMILES string of the molecule is C=C(CN)NC(C)(C)Cc1ccc(F)cc1. The monoisotopic (exact) mass is 222 g/mol. The van der Waals surface area contributed by atoms with E-state index in [1.54, 1.807) is 12.1 Å². The number of nitrogens with one attached hydrogen (secondary N) is 1. The number of hydrogen-bond donors (Lipinski definition) is 2. The van der Waals surface area contributed by atoms with Crippen molar-refractivity contribution in [3.05, 3.63) is 47.9 Å². The van der Waals surface area contributed by atoms with E-state index < -0.39 is 0 Å². The molecule has 0 aliphatic rings. The van der Waals surface area contributed by atoms with Crippen LogP contribution in [0, 0.1) is 5.82 Å². The molecule has 0 aliphatic heterocycles. The van der Waals surface area contributed by atoms with Gasteiger partial charge in [-0.3, -0.25) is 0 Å². The summed E-state index contributed by atoms with van der Waals surface area (Å²) in [6, 6.07) is 6.54. The van der Waals surface area contributed by atoms with Crippen LogP contribution in [0.25, 0.3) is 0 Å². The van der Waals surface area contributed by atoms with Gasteiger partial charge in [-0.1, -0.05) is 18.7 Å². The Bertz CT molecular complexity index is 355. The van der Waals surface area contributed by atoms with Crippen molar-refractivity contribution in [3.63, 3.8) is 0 Å². The Balaban J connectivity index is 2.64. The van der Waals surface area contributed by atoms with E-state index in [1.165, 1.54) is 12.1 Å². The fourth-order valence-electron chi connectivity index (χ4n) is 1.69. The lowest BCUT2D eigenvalue weighted by molar-refractivity contribution is 0.423. The zero-order valence-electron chi connectivity index (χ0n) is 9.89. The van der Waals surface area contributed by atoms with Gasteiger partial charge < -0.3 is 11.1 Å². The van der Waals surface area contributed by atoms with Crippen LogP contribution in [0.5, 0.6) is 0 Å². The van der Waals surface area contributed by atoms with Crippen LogP contribution in [0.1, 0.15) is 19.4 Å². The minimum absolute atomic E-state index is 0.131. The molecule has 0 amide bonds. The van der Waals surface area contributed by atoms with Gasteiger partial charge in [0.05, 0.1) is 0 Å². The molecule has 1 aromatic rings. The molecule has 0 atom stereocenters. The quantitative estimate of drug-likeness (QED) is 0.801. The molecule has 0 saturated heterocycles. The van der Waals surface area contributed by atoms with Gasteiger partial charge in [0.2, 0.25) is 0 Å². The molecular formula is C13H19FN2. The van der Waals surface area contributed by atoms with Crippen molar-refractivity contribution in [2.24, 2.45) is 5.73 Å². The van der Waals surface area contributed by atoms with Gasteiger partial charge in [-0.25, -0.2) is 4.39 Å². The first-order chi connectivity index (χ1) is 7.43. The molecule has 0 saturated carbocycles. The maximum atomic E-state index is 12.7. The van der Waals surface area contributed by atoms with E-state index in [-0.39, 0.29) is 11.4 Å². The predicted molar refractivity (Wildman–Crippen MR) is 65.5 cm³/mol. The first kappa shape index (κ1) is 12.7. The molecular weight excluding hydrogens is 203 g/mol. The summed E-state index contributed by atoms with van der Waals surface area (Å²) in [5, 5.41) is 3.26. The Kier molecular flexibility index (Phi) is 4.07. The van der Waals surface area contributed by atoms with Crippen LogP contribution in [-0.4, -0.2) is 12.1 Å². The van der Waals surface area contributed by atoms with Crippen LogP contribution in [0.3, 0.4) is 0 Å². The lowest BCUT2D eigenvalue weighted by Crippen LogP contribution is -2.42. The smallest absolute Gasteiger partial charge is 0.123 e. The third-order valence-electron chi connectivity index (χ3n) is 2.32. The molecule has 0 aromatic heterocycles. The van der Waals surface area contributed by atoms with Crippen LogP contribution in [0.15, 0.2) is 36.5 Å². The van der Waals surface area contributed by atoms with Crippen molar-refractivity contribution in [2.45, 2.75) is 25.8 Å². The van der Waals surface area contributed by atoms with E-state index in [1.807, 2.05) is 0 Å². The highest BCUT2D eigenvalue weighted by atomic mass is 19.1. The number of benzene rings is 1. The van der Waals surface area contributed by atoms with Gasteiger partial charge in [0.1, 0.15) is 5.82 Å². The van der Waals surface area contributed by atoms with Crippen LogP contribution in [-0.2, 0) is 6.42 Å². The van der Waals surface area contributed by atoms with Crippen molar-refractivity contribution in [2.75, 3.05) is 6.54 Å². The molecule has 1 rings (SSSR count). The van der Waals surface area contributed by atoms with Crippen molar-refractivity contribution in [1.29, 1.82) is 0 Å². The summed E-state index contributed by atoms with van der Waals surface area (Å²) in [5.41, 5.74) is 7.25. The molecule has 0 radical (unpaired) electrons. The summed E-state index contributed by atoms with van der Waals surface area (Å²) >= 11 is 0. The topological polar surface area (TPSA) is 38.0 Å². The van der Waals surface area contributed by atoms with Crippen molar-refractivity contribution in [3.8, 4) is 0 Å². The summed E-state index contributed by atoms with van der Waals surface area (Å²) in [5.74, 6) is -0.208. The second kappa shape index (κ2) is 5.12. The molecule has 0 heterocycles. The molecule has 3 heteroatoms. The van der Waals surface area contributed by atoms with E-state index in [2.05, 4.69) is 25.7 Å². The molecule has 2 nitrogen and oxygen atoms in total. The Hall–Kier alpha value is -1.35. The van der Waals surface area contributed by atoms with Gasteiger partial charge in [0, 0.05) is 17.8 Å². The second-order valence-corrected chi connectivity index (χ2v) is 4.62. The predicted octanol–water partition coefficient (Wildman–Crippen LogP) is 2.21. The molecule has 3 N–H and O–H groups in total. The Labute approximate surface area is 96.4 Å². The molecule has 0 fully saturated rings. The van der Waals surface area contributed by atoms with E-state index >= 15 is 0 Å². The highest BCUT2D eigenvalue weighted by Crippen LogP contribution is 2.14. The minimum atomic E-state index is -0.208. The Morgan fingerprint density at radius 2 is 1.94 bits per heavy atom. The lowest BCUT2D eigenvalue weighted by Gasteiger charge is -2.28. The first-order valence-electron chi connectivity index (χ1n) is 5.33. The van der Waals surface area contributed by atoms with Crippen LogP contribution < -0.4 is 11.1 Å². The number of hydrogen-bond acceptors (Lipinski definition) is 2. The molecule has 1 aromatic carbocycles. The van der Waals surface area contributed by atoms with Crippen LogP contribution >= 0.6 is 0 Å². The van der Waals surface area contributed by atoms with Gasteiger partial charge in [0.25, 0.3) is 0 Å². The zero-order valence-corrected chi connectivity index (χ0v) is 9.89. The fourth-order valence-corrected chi connectivity index (χ4v) is 1.69. The first-order valence-corrected chi connectivity index (χ1v) is 5.33. The number of halogens is 1. The molecule has 88 valence electrons. The highest BCUT2D eigenvalue weighted by molar-refractivity contribution is 5.19. The van der Waals surface area contributed by atoms with Gasteiger partial charge in [-0.05, 0) is 38.0 Å². The van der Waals surface area contributed by atoms with E-state index in [0.29, 0.717) is 6.54 Å². The number of rotatable bonds is 5. The minimum Gasteiger partial charge on any atom is -0.383 e. The second-order valence-electron chi connectivity index (χ2n) is 4.62. The third-order valence-corrected chi connectivity index (χ3v) is 2.32. The van der Waals surface area contributed by atoms with Crippen LogP contribution in [0.2, 0.25) is 0 Å². The molecule has 0 spiro atoms. The maximum absolute atomic E-state index is 12.7. The Morgan fingerprint density at radius 1 is 1.38 bits per heavy atom. The molecule has 16 heavy (non-hydrogen) atoms. The highest BCUT2D eigenvalue weighted by Gasteiger charge is 2.17. The average molecular weight is 222 g/mol. The summed E-state index contributed by atoms with van der Waals surface area (Å²) in [6.45, 7) is 8.37. The van der Waals surface area contributed by atoms with E-state index in [4.69, 9.17) is 5.73 Å². The largest absolute Gasteiger partial charge is 0.383 e. The summed E-state index contributed by atoms with van der Waals surface area (Å²) in [6.07, 6.45) is 0.798.